The second kappa shape index (κ2) is 5.58. The van der Waals surface area contributed by atoms with E-state index in [1.807, 2.05) is 19.2 Å². The average molecular weight is 338 g/mol. The molecular weight excluding hydrogens is 324 g/mol. The number of fused-ring (bicyclic) bond motifs is 1. The van der Waals surface area contributed by atoms with Crippen LogP contribution in [0.25, 0.3) is 4.96 Å². The minimum atomic E-state index is -3.72. The first-order chi connectivity index (χ1) is 10.5. The molecule has 0 radical (unpaired) electrons. The summed E-state index contributed by atoms with van der Waals surface area (Å²) < 4.78 is 33.9. The summed E-state index contributed by atoms with van der Waals surface area (Å²) in [6, 6.07) is 6.19. The zero-order valence-electron chi connectivity index (χ0n) is 12.0. The van der Waals surface area contributed by atoms with Crippen LogP contribution in [0.15, 0.2) is 34.5 Å². The monoisotopic (exact) mass is 338 g/mol. The molecule has 0 aliphatic carbocycles. The maximum absolute atomic E-state index is 12.3. The van der Waals surface area contributed by atoms with E-state index < -0.39 is 10.0 Å². The standard InChI is InChI=1S/C13H14N4O3S2/c1-3-20-10-4-6-11(7-5-10)22(18,19)16-12-14-13-17(15-12)9(2)8-21-13/h4-8H,3H2,1-2H3,(H,15,16). The summed E-state index contributed by atoms with van der Waals surface area (Å²) in [5, 5.41) is 6.03. The highest BCUT2D eigenvalue weighted by Gasteiger charge is 2.17. The van der Waals surface area contributed by atoms with Gasteiger partial charge in [-0.3, -0.25) is 0 Å². The van der Waals surface area contributed by atoms with Crippen LogP contribution in [0.1, 0.15) is 12.6 Å². The molecule has 0 amide bonds. The molecule has 0 saturated heterocycles. The molecular formula is C13H14N4O3S2. The van der Waals surface area contributed by atoms with Gasteiger partial charge in [-0.15, -0.1) is 16.4 Å². The lowest BCUT2D eigenvalue weighted by Crippen LogP contribution is -2.14. The lowest BCUT2D eigenvalue weighted by molar-refractivity contribution is 0.340. The number of thiazole rings is 1. The summed E-state index contributed by atoms with van der Waals surface area (Å²) >= 11 is 1.40. The highest BCUT2D eigenvalue weighted by molar-refractivity contribution is 7.92. The molecule has 3 aromatic rings. The van der Waals surface area contributed by atoms with Crippen LogP contribution in [0, 0.1) is 6.92 Å². The first-order valence-electron chi connectivity index (χ1n) is 6.56. The molecule has 0 unspecified atom stereocenters. The van der Waals surface area contributed by atoms with Crippen molar-refractivity contribution in [2.75, 3.05) is 11.3 Å². The molecule has 1 N–H and O–H groups in total. The number of hydrogen-bond acceptors (Lipinski definition) is 6. The van der Waals surface area contributed by atoms with Crippen molar-refractivity contribution in [3.8, 4) is 5.75 Å². The van der Waals surface area contributed by atoms with Gasteiger partial charge < -0.3 is 4.74 Å². The largest absolute Gasteiger partial charge is 0.494 e. The number of hydrogen-bond donors (Lipinski definition) is 1. The molecule has 0 aliphatic heterocycles. The summed E-state index contributed by atoms with van der Waals surface area (Å²) in [7, 11) is -3.72. The van der Waals surface area contributed by atoms with Gasteiger partial charge in [-0.1, -0.05) is 0 Å². The molecule has 1 aromatic carbocycles. The quantitative estimate of drug-likeness (QED) is 0.771. The first kappa shape index (κ1) is 14.8. The molecule has 0 spiro atoms. The molecule has 0 atom stereocenters. The van der Waals surface area contributed by atoms with E-state index in [2.05, 4.69) is 14.8 Å². The van der Waals surface area contributed by atoms with Crippen LogP contribution in [0.3, 0.4) is 0 Å². The number of ether oxygens (including phenoxy) is 1. The number of aryl methyl sites for hydroxylation is 1. The van der Waals surface area contributed by atoms with E-state index in [1.54, 1.807) is 16.6 Å². The highest BCUT2D eigenvalue weighted by Crippen LogP contribution is 2.20. The van der Waals surface area contributed by atoms with Gasteiger partial charge >= 0.3 is 0 Å². The summed E-state index contributed by atoms with van der Waals surface area (Å²) in [5.41, 5.74) is 0.902. The van der Waals surface area contributed by atoms with Gasteiger partial charge in [0.25, 0.3) is 16.0 Å². The summed E-state index contributed by atoms with van der Waals surface area (Å²) in [6.07, 6.45) is 0. The fraction of sp³-hybridized carbons (Fsp3) is 0.231. The summed E-state index contributed by atoms with van der Waals surface area (Å²) in [4.78, 5) is 4.92. The fourth-order valence-electron chi connectivity index (χ4n) is 1.90. The molecule has 9 heteroatoms. The number of sulfonamides is 1. The Morgan fingerprint density at radius 3 is 2.68 bits per heavy atom. The van der Waals surface area contributed by atoms with Crippen LogP contribution < -0.4 is 9.46 Å². The van der Waals surface area contributed by atoms with Crippen LogP contribution >= 0.6 is 11.3 Å². The zero-order valence-corrected chi connectivity index (χ0v) is 13.6. The van der Waals surface area contributed by atoms with Crippen molar-refractivity contribution in [3.63, 3.8) is 0 Å². The third kappa shape index (κ3) is 2.77. The molecule has 0 saturated carbocycles. The van der Waals surface area contributed by atoms with Gasteiger partial charge in [-0.25, -0.2) is 17.7 Å². The van der Waals surface area contributed by atoms with Gasteiger partial charge in [0, 0.05) is 5.38 Å². The molecule has 3 rings (SSSR count). The van der Waals surface area contributed by atoms with Gasteiger partial charge in [-0.05, 0) is 38.1 Å². The Labute approximate surface area is 131 Å². The number of benzene rings is 1. The topological polar surface area (TPSA) is 85.6 Å². The fourth-order valence-corrected chi connectivity index (χ4v) is 3.63. The highest BCUT2D eigenvalue weighted by atomic mass is 32.2. The van der Waals surface area contributed by atoms with Gasteiger partial charge in [0.1, 0.15) is 5.75 Å². The van der Waals surface area contributed by atoms with Gasteiger partial charge in [0.15, 0.2) is 0 Å². The predicted octanol–water partition coefficient (Wildman–Crippen LogP) is 2.30. The van der Waals surface area contributed by atoms with Crippen LogP contribution in [-0.4, -0.2) is 29.6 Å². The maximum atomic E-state index is 12.3. The van der Waals surface area contributed by atoms with Crippen molar-refractivity contribution in [1.29, 1.82) is 0 Å². The number of aromatic nitrogens is 3. The van der Waals surface area contributed by atoms with E-state index in [9.17, 15) is 8.42 Å². The van der Waals surface area contributed by atoms with Crippen molar-refractivity contribution in [2.45, 2.75) is 18.7 Å². The van der Waals surface area contributed by atoms with E-state index >= 15 is 0 Å². The molecule has 0 aliphatic rings. The Balaban J connectivity index is 1.85. The number of rotatable bonds is 5. The molecule has 22 heavy (non-hydrogen) atoms. The minimum absolute atomic E-state index is 0.0591. The first-order valence-corrected chi connectivity index (χ1v) is 8.92. The summed E-state index contributed by atoms with van der Waals surface area (Å²) in [6.45, 7) is 4.27. The second-order valence-corrected chi connectivity index (χ2v) is 7.04. The third-order valence-corrected chi connectivity index (χ3v) is 5.20. The summed E-state index contributed by atoms with van der Waals surface area (Å²) in [5.74, 6) is 0.682. The Morgan fingerprint density at radius 1 is 1.32 bits per heavy atom. The number of nitrogens with one attached hydrogen (secondary N) is 1. The Morgan fingerprint density at radius 2 is 2.05 bits per heavy atom. The van der Waals surface area contributed by atoms with E-state index in [0.29, 0.717) is 17.3 Å². The van der Waals surface area contributed by atoms with E-state index in [0.717, 1.165) is 5.69 Å². The lowest BCUT2D eigenvalue weighted by atomic mass is 10.3. The Hall–Kier alpha value is -2.13. The SMILES string of the molecule is CCOc1ccc(S(=O)(=O)Nc2nc3scc(C)n3n2)cc1. The van der Waals surface area contributed by atoms with E-state index in [1.165, 1.54) is 23.5 Å². The maximum Gasteiger partial charge on any atom is 0.264 e. The zero-order chi connectivity index (χ0) is 15.7. The molecule has 2 aromatic heterocycles. The van der Waals surface area contributed by atoms with Crippen LogP contribution in [0.4, 0.5) is 5.95 Å². The number of anilines is 1. The molecule has 116 valence electrons. The Kier molecular flexibility index (Phi) is 3.75. The van der Waals surface area contributed by atoms with Crippen molar-refractivity contribution in [2.24, 2.45) is 0 Å². The van der Waals surface area contributed by atoms with Gasteiger partial charge in [0.2, 0.25) is 4.96 Å². The second-order valence-electron chi connectivity index (χ2n) is 4.52. The molecule has 0 bridgehead atoms. The Bertz CT molecular complexity index is 897. The van der Waals surface area contributed by atoms with Crippen LogP contribution in [-0.2, 0) is 10.0 Å². The van der Waals surface area contributed by atoms with Crippen LogP contribution in [0.5, 0.6) is 5.75 Å². The van der Waals surface area contributed by atoms with Crippen molar-refractivity contribution < 1.29 is 13.2 Å². The van der Waals surface area contributed by atoms with Crippen molar-refractivity contribution in [1.82, 2.24) is 14.6 Å². The van der Waals surface area contributed by atoms with Gasteiger partial charge in [-0.2, -0.15) is 4.98 Å². The third-order valence-electron chi connectivity index (χ3n) is 2.92. The molecule has 7 nitrogen and oxygen atoms in total. The van der Waals surface area contributed by atoms with Crippen molar-refractivity contribution in [3.05, 3.63) is 35.3 Å². The van der Waals surface area contributed by atoms with E-state index in [4.69, 9.17) is 4.74 Å². The number of nitrogens with zero attached hydrogens (tertiary/aromatic N) is 3. The van der Waals surface area contributed by atoms with Crippen molar-refractivity contribution >= 4 is 32.3 Å². The minimum Gasteiger partial charge on any atom is -0.494 e. The smallest absolute Gasteiger partial charge is 0.264 e. The average Bonchev–Trinajstić information content (AvgIpc) is 3.01. The lowest BCUT2D eigenvalue weighted by Gasteiger charge is -2.06. The van der Waals surface area contributed by atoms with Gasteiger partial charge in [0.05, 0.1) is 17.2 Å². The molecule has 2 heterocycles. The normalized spacial score (nSPS) is 11.7. The molecule has 0 fully saturated rings. The van der Waals surface area contributed by atoms with E-state index in [-0.39, 0.29) is 10.8 Å². The predicted molar refractivity (Wildman–Crippen MR) is 84.0 cm³/mol. The van der Waals surface area contributed by atoms with Crippen LogP contribution in [0.2, 0.25) is 0 Å².